The number of benzene rings is 2. The molecule has 0 saturated carbocycles. The van der Waals surface area contributed by atoms with E-state index in [1.807, 2.05) is 0 Å². The van der Waals surface area contributed by atoms with Gasteiger partial charge < -0.3 is 15.0 Å². The summed E-state index contributed by atoms with van der Waals surface area (Å²) in [7, 11) is 1.46. The van der Waals surface area contributed by atoms with Crippen LogP contribution in [0.4, 0.5) is 5.69 Å². The summed E-state index contributed by atoms with van der Waals surface area (Å²) in [5, 5.41) is 3.13. The number of nitrogens with zero attached hydrogens (tertiary/aromatic N) is 1. The summed E-state index contributed by atoms with van der Waals surface area (Å²) in [5.41, 5.74) is -1.24. The molecule has 0 aliphatic carbocycles. The lowest BCUT2D eigenvalue weighted by molar-refractivity contribution is 0.102. The molecule has 27 heavy (non-hydrogen) atoms. The number of amides is 1. The Kier molecular flexibility index (Phi) is 5.34. The molecule has 2 aromatic carbocycles. The number of carbonyl (C=O) groups is 1. The van der Waals surface area contributed by atoms with Gasteiger partial charge >= 0.3 is 5.69 Å². The molecule has 0 unspecified atom stereocenters. The molecule has 0 radical (unpaired) electrons. The minimum atomic E-state index is -0.789. The quantitative estimate of drug-likeness (QED) is 0.697. The van der Waals surface area contributed by atoms with E-state index in [2.05, 4.69) is 10.3 Å². The molecule has 0 bridgehead atoms. The second-order valence-corrected chi connectivity index (χ2v) is 6.27. The van der Waals surface area contributed by atoms with Crippen molar-refractivity contribution >= 4 is 34.8 Å². The number of rotatable bonds is 4. The third kappa shape index (κ3) is 3.89. The van der Waals surface area contributed by atoms with Crippen molar-refractivity contribution in [3.8, 4) is 11.4 Å². The highest BCUT2D eigenvalue weighted by molar-refractivity contribution is 6.35. The van der Waals surface area contributed by atoms with Gasteiger partial charge in [-0.3, -0.25) is 9.59 Å². The average molecular weight is 406 g/mol. The van der Waals surface area contributed by atoms with Crippen LogP contribution in [-0.4, -0.2) is 22.6 Å². The Hall–Kier alpha value is -3.03. The molecule has 1 amide bonds. The molecule has 2 N–H and O–H groups in total. The number of aromatic amines is 1. The van der Waals surface area contributed by atoms with Crippen molar-refractivity contribution in [3.05, 3.63) is 85.1 Å². The van der Waals surface area contributed by atoms with Crippen LogP contribution >= 0.6 is 23.2 Å². The SMILES string of the molecule is COc1cccc(-n2c(=O)[nH]cc(C(=O)Nc3cc(Cl)ccc3Cl)c2=O)c1. The fourth-order valence-corrected chi connectivity index (χ4v) is 2.74. The van der Waals surface area contributed by atoms with Crippen LogP contribution in [0.2, 0.25) is 10.0 Å². The Morgan fingerprint density at radius 3 is 2.67 bits per heavy atom. The zero-order chi connectivity index (χ0) is 19.6. The van der Waals surface area contributed by atoms with Crippen LogP contribution < -0.4 is 21.3 Å². The van der Waals surface area contributed by atoms with Gasteiger partial charge in [-0.05, 0) is 30.3 Å². The number of ether oxygens (including phenoxy) is 1. The molecule has 0 atom stereocenters. The van der Waals surface area contributed by atoms with E-state index in [0.29, 0.717) is 10.8 Å². The van der Waals surface area contributed by atoms with Gasteiger partial charge in [-0.2, -0.15) is 0 Å². The summed E-state index contributed by atoms with van der Waals surface area (Å²) < 4.78 is 5.95. The Morgan fingerprint density at radius 1 is 1.15 bits per heavy atom. The lowest BCUT2D eigenvalue weighted by atomic mass is 10.2. The monoisotopic (exact) mass is 405 g/mol. The summed E-state index contributed by atoms with van der Waals surface area (Å²) in [4.78, 5) is 39.9. The summed E-state index contributed by atoms with van der Waals surface area (Å²) in [6.45, 7) is 0. The number of H-pyrrole nitrogens is 1. The zero-order valence-electron chi connectivity index (χ0n) is 14.0. The van der Waals surface area contributed by atoms with Crippen LogP contribution in [0.25, 0.3) is 5.69 Å². The van der Waals surface area contributed by atoms with Gasteiger partial charge in [-0.15, -0.1) is 0 Å². The van der Waals surface area contributed by atoms with Gasteiger partial charge in [0, 0.05) is 17.3 Å². The predicted molar refractivity (Wildman–Crippen MR) is 104 cm³/mol. The van der Waals surface area contributed by atoms with E-state index < -0.39 is 17.2 Å². The molecule has 0 saturated heterocycles. The number of halogens is 2. The third-order valence-electron chi connectivity index (χ3n) is 3.71. The predicted octanol–water partition coefficient (Wildman–Crippen LogP) is 3.09. The van der Waals surface area contributed by atoms with E-state index in [1.165, 1.54) is 25.3 Å². The maximum Gasteiger partial charge on any atom is 0.333 e. The minimum Gasteiger partial charge on any atom is -0.497 e. The number of carbonyl (C=O) groups excluding carboxylic acids is 1. The Labute approximate surface area is 163 Å². The Morgan fingerprint density at radius 2 is 1.93 bits per heavy atom. The molecule has 1 heterocycles. The van der Waals surface area contributed by atoms with E-state index in [4.69, 9.17) is 27.9 Å². The molecule has 0 spiro atoms. The molecular weight excluding hydrogens is 393 g/mol. The van der Waals surface area contributed by atoms with Crippen molar-refractivity contribution in [3.63, 3.8) is 0 Å². The number of aromatic nitrogens is 2. The van der Waals surface area contributed by atoms with Crippen molar-refractivity contribution in [2.75, 3.05) is 12.4 Å². The summed E-state index contributed by atoms with van der Waals surface area (Å²) in [6, 6.07) is 10.9. The Bertz CT molecular complexity index is 1140. The maximum atomic E-state index is 12.8. The number of nitrogens with one attached hydrogen (secondary N) is 2. The first-order valence-corrected chi connectivity index (χ1v) is 8.42. The van der Waals surface area contributed by atoms with Crippen molar-refractivity contribution in [2.24, 2.45) is 0 Å². The first-order chi connectivity index (χ1) is 12.9. The van der Waals surface area contributed by atoms with E-state index in [0.717, 1.165) is 10.8 Å². The van der Waals surface area contributed by atoms with Gasteiger partial charge in [-0.1, -0.05) is 29.3 Å². The molecule has 1 aromatic heterocycles. The zero-order valence-corrected chi connectivity index (χ0v) is 15.5. The van der Waals surface area contributed by atoms with Gasteiger partial charge in [0.05, 0.1) is 23.5 Å². The highest BCUT2D eigenvalue weighted by atomic mass is 35.5. The largest absolute Gasteiger partial charge is 0.497 e. The van der Waals surface area contributed by atoms with E-state index in [9.17, 15) is 14.4 Å². The Balaban J connectivity index is 2.05. The van der Waals surface area contributed by atoms with Crippen LogP contribution in [0.15, 0.2) is 58.3 Å². The van der Waals surface area contributed by atoms with Gasteiger partial charge in [0.2, 0.25) is 0 Å². The smallest absolute Gasteiger partial charge is 0.333 e. The lowest BCUT2D eigenvalue weighted by Gasteiger charge is -2.10. The molecule has 3 rings (SSSR count). The number of methoxy groups -OCH3 is 1. The van der Waals surface area contributed by atoms with Crippen LogP contribution in [-0.2, 0) is 0 Å². The fraction of sp³-hybridized carbons (Fsp3) is 0.0556. The van der Waals surface area contributed by atoms with Gasteiger partial charge in [0.15, 0.2) is 0 Å². The van der Waals surface area contributed by atoms with E-state index in [-0.39, 0.29) is 22.0 Å². The van der Waals surface area contributed by atoms with Crippen molar-refractivity contribution in [1.82, 2.24) is 9.55 Å². The summed E-state index contributed by atoms with van der Waals surface area (Å²) in [6.07, 6.45) is 1.05. The minimum absolute atomic E-state index is 0.243. The number of hydrogen-bond donors (Lipinski definition) is 2. The van der Waals surface area contributed by atoms with Crippen LogP contribution in [0, 0.1) is 0 Å². The highest BCUT2D eigenvalue weighted by Crippen LogP contribution is 2.25. The number of hydrogen-bond acceptors (Lipinski definition) is 4. The molecule has 138 valence electrons. The topological polar surface area (TPSA) is 93.2 Å². The van der Waals surface area contributed by atoms with Gasteiger partial charge in [0.25, 0.3) is 11.5 Å². The molecule has 0 aliphatic rings. The van der Waals surface area contributed by atoms with Crippen LogP contribution in [0.5, 0.6) is 5.75 Å². The van der Waals surface area contributed by atoms with Crippen molar-refractivity contribution in [1.29, 1.82) is 0 Å². The second-order valence-electron chi connectivity index (χ2n) is 5.43. The molecule has 7 nitrogen and oxygen atoms in total. The lowest BCUT2D eigenvalue weighted by Crippen LogP contribution is -2.38. The number of anilines is 1. The first kappa shape index (κ1) is 18.8. The maximum absolute atomic E-state index is 12.8. The summed E-state index contributed by atoms with van der Waals surface area (Å²) >= 11 is 11.9. The van der Waals surface area contributed by atoms with E-state index >= 15 is 0 Å². The molecule has 0 fully saturated rings. The normalized spacial score (nSPS) is 10.5. The van der Waals surface area contributed by atoms with Crippen LogP contribution in [0.1, 0.15) is 10.4 Å². The fourth-order valence-electron chi connectivity index (χ4n) is 2.40. The first-order valence-electron chi connectivity index (χ1n) is 7.66. The summed E-state index contributed by atoms with van der Waals surface area (Å²) in [5.74, 6) is -0.281. The van der Waals surface area contributed by atoms with Crippen LogP contribution in [0.3, 0.4) is 0 Å². The second kappa shape index (κ2) is 7.69. The molecule has 3 aromatic rings. The third-order valence-corrected chi connectivity index (χ3v) is 4.27. The van der Waals surface area contributed by atoms with Gasteiger partial charge in [0.1, 0.15) is 11.3 Å². The van der Waals surface area contributed by atoms with Gasteiger partial charge in [-0.25, -0.2) is 9.36 Å². The highest BCUT2D eigenvalue weighted by Gasteiger charge is 2.17. The standard InChI is InChI=1S/C18H13Cl2N3O4/c1-27-12-4-2-3-11(8-12)23-17(25)13(9-21-18(23)26)16(24)22-15-7-10(19)5-6-14(15)20/h2-9H,1H3,(H,21,26)(H,22,24). The van der Waals surface area contributed by atoms with E-state index in [1.54, 1.807) is 24.3 Å². The average Bonchev–Trinajstić information content (AvgIpc) is 2.65. The molecular formula is C18H13Cl2N3O4. The van der Waals surface area contributed by atoms with Crippen molar-refractivity contribution < 1.29 is 9.53 Å². The molecule has 9 heteroatoms. The van der Waals surface area contributed by atoms with Crippen molar-refractivity contribution in [2.45, 2.75) is 0 Å². The molecule has 0 aliphatic heterocycles.